The molecule has 9 heteroatoms. The van der Waals surface area contributed by atoms with Gasteiger partial charge in [-0.3, -0.25) is 4.79 Å². The van der Waals surface area contributed by atoms with Crippen LogP contribution in [0, 0.1) is 25.0 Å². The number of amides is 1. The van der Waals surface area contributed by atoms with Crippen molar-refractivity contribution in [1.82, 2.24) is 15.1 Å². The van der Waals surface area contributed by atoms with Gasteiger partial charge in [0.2, 0.25) is 0 Å². The summed E-state index contributed by atoms with van der Waals surface area (Å²) in [4.78, 5) is 31.0. The molecule has 0 aromatic heterocycles. The first-order valence-corrected chi connectivity index (χ1v) is 10.8. The van der Waals surface area contributed by atoms with Crippen molar-refractivity contribution in [3.05, 3.63) is 22.8 Å². The predicted molar refractivity (Wildman–Crippen MR) is 128 cm³/mol. The summed E-state index contributed by atoms with van der Waals surface area (Å²) < 4.78 is 4.43. The van der Waals surface area contributed by atoms with Crippen molar-refractivity contribution in [2.45, 2.75) is 41.5 Å². The number of nitrogens with one attached hydrogen (secondary N) is 1. The van der Waals surface area contributed by atoms with Crippen molar-refractivity contribution in [1.29, 1.82) is 0 Å². The molecule has 0 radical (unpaired) electrons. The van der Waals surface area contributed by atoms with E-state index in [0.29, 0.717) is 12.5 Å². The summed E-state index contributed by atoms with van der Waals surface area (Å²) in [6.07, 6.45) is 0. The number of carbonyl (C=O) groups excluding carboxylic acids is 2. The van der Waals surface area contributed by atoms with E-state index in [0.717, 1.165) is 19.0 Å². The van der Waals surface area contributed by atoms with Gasteiger partial charge in [0, 0.05) is 13.1 Å². The highest BCUT2D eigenvalue weighted by Gasteiger charge is 2.27. The van der Waals surface area contributed by atoms with Crippen molar-refractivity contribution in [3.63, 3.8) is 0 Å². The minimum absolute atomic E-state index is 0. The Balaban J connectivity index is -0.000000342. The van der Waals surface area contributed by atoms with Crippen molar-refractivity contribution < 1.29 is 14.3 Å². The smallest absolute Gasteiger partial charge is 0.387 e. The lowest BCUT2D eigenvalue weighted by molar-refractivity contribution is -0.140. The molecule has 2 heterocycles. The zero-order chi connectivity index (χ0) is 23.4. The molecule has 180 valence electrons. The van der Waals surface area contributed by atoms with Gasteiger partial charge >= 0.3 is 18.4 Å². The molecular formula is C22H42ClN5O3. The van der Waals surface area contributed by atoms with Crippen molar-refractivity contribution in [3.8, 4) is 0 Å². The van der Waals surface area contributed by atoms with E-state index in [1.807, 2.05) is 0 Å². The second-order valence-corrected chi connectivity index (χ2v) is 7.22. The minimum atomic E-state index is -0.442. The van der Waals surface area contributed by atoms with Gasteiger partial charge in [-0.2, -0.15) is 0 Å². The Morgan fingerprint density at radius 2 is 1.42 bits per heavy atom. The first-order valence-electron chi connectivity index (χ1n) is 10.8. The van der Waals surface area contributed by atoms with Gasteiger partial charge in [-0.05, 0) is 51.5 Å². The summed E-state index contributed by atoms with van der Waals surface area (Å²) in [7, 11) is 0. The lowest BCUT2D eigenvalue weighted by Crippen LogP contribution is -2.49. The summed E-state index contributed by atoms with van der Waals surface area (Å²) in [6, 6.07) is 0. The van der Waals surface area contributed by atoms with Crippen molar-refractivity contribution in [2.75, 3.05) is 65.5 Å². The van der Waals surface area contributed by atoms with Crippen LogP contribution in [0.1, 0.15) is 41.5 Å². The Morgan fingerprint density at radius 1 is 0.968 bits per heavy atom. The SMILES string of the molecule is CC1CNC1.CCN(CC)CC.Cl.[C-]#[N+]CC(=O)N1CC(C)C1.[C-]#[N+]CC(=O)OCC. The van der Waals surface area contributed by atoms with Crippen LogP contribution < -0.4 is 5.32 Å². The normalized spacial score (nSPS) is 14.2. The number of hydrogen-bond donors (Lipinski definition) is 1. The van der Waals surface area contributed by atoms with Gasteiger partial charge in [0.05, 0.1) is 6.61 Å². The lowest BCUT2D eigenvalue weighted by Gasteiger charge is -2.35. The van der Waals surface area contributed by atoms with Crippen LogP contribution in [0.2, 0.25) is 0 Å². The van der Waals surface area contributed by atoms with Gasteiger partial charge in [0.1, 0.15) is 0 Å². The lowest BCUT2D eigenvalue weighted by atomic mass is 10.0. The topological polar surface area (TPSA) is 70.6 Å². The van der Waals surface area contributed by atoms with Crippen LogP contribution in [0.25, 0.3) is 9.69 Å². The number of hydrogen-bond acceptors (Lipinski definition) is 5. The third kappa shape index (κ3) is 19.8. The molecule has 0 aromatic carbocycles. The standard InChI is InChI=1S/C7H10N2O.C6H15N.C5H7NO2.C4H9N.ClH/c1-6-4-9(5-6)7(10)3-8-2;1-4-7(5-2)6-3;1-3-8-5(7)4-6-2;1-4-2-5-3-4;/h6H,3-5H2,1H3;4-6H2,1-3H3;3-4H2,1H3;4-5H,2-3H2,1H3;1H. The minimum Gasteiger partial charge on any atom is -0.460 e. The van der Waals surface area contributed by atoms with E-state index in [4.69, 9.17) is 13.1 Å². The maximum absolute atomic E-state index is 10.9. The fraction of sp³-hybridized carbons (Fsp3) is 0.818. The molecule has 1 N–H and O–H groups in total. The first-order chi connectivity index (χ1) is 14.3. The maximum Gasteiger partial charge on any atom is 0.387 e. The molecule has 31 heavy (non-hydrogen) atoms. The predicted octanol–water partition coefficient (Wildman–Crippen LogP) is 2.85. The molecular weight excluding hydrogens is 418 g/mol. The molecule has 0 spiro atoms. The van der Waals surface area contributed by atoms with Gasteiger partial charge in [-0.1, -0.05) is 34.6 Å². The largest absolute Gasteiger partial charge is 0.460 e. The molecule has 2 fully saturated rings. The molecule has 0 bridgehead atoms. The number of halogens is 1. The number of ether oxygens (including phenoxy) is 1. The Kier molecular flexibility index (Phi) is 24.8. The van der Waals surface area contributed by atoms with E-state index < -0.39 is 5.97 Å². The van der Waals surface area contributed by atoms with E-state index in [9.17, 15) is 9.59 Å². The van der Waals surface area contributed by atoms with Crippen molar-refractivity contribution in [2.24, 2.45) is 11.8 Å². The molecule has 0 aromatic rings. The van der Waals surface area contributed by atoms with Crippen LogP contribution in [0.4, 0.5) is 0 Å². The van der Waals surface area contributed by atoms with Crippen LogP contribution >= 0.6 is 12.4 Å². The molecule has 0 atom stereocenters. The highest BCUT2D eigenvalue weighted by atomic mass is 35.5. The van der Waals surface area contributed by atoms with Gasteiger partial charge < -0.3 is 29.5 Å². The molecule has 0 aliphatic carbocycles. The molecule has 2 saturated heterocycles. The molecule has 2 rings (SSSR count). The zero-order valence-electron chi connectivity index (χ0n) is 20.1. The molecule has 2 aliphatic heterocycles. The van der Waals surface area contributed by atoms with E-state index in [1.165, 1.54) is 32.7 Å². The van der Waals surface area contributed by atoms with E-state index in [1.54, 1.807) is 11.8 Å². The van der Waals surface area contributed by atoms with Gasteiger partial charge in [-0.15, -0.1) is 12.4 Å². The molecule has 2 aliphatic rings. The summed E-state index contributed by atoms with van der Waals surface area (Å²) >= 11 is 0. The Hall–Kier alpha value is -1.87. The van der Waals surface area contributed by atoms with Gasteiger partial charge in [-0.25, -0.2) is 17.9 Å². The summed E-state index contributed by atoms with van der Waals surface area (Å²) in [5, 5.41) is 3.16. The fourth-order valence-corrected chi connectivity index (χ4v) is 2.45. The fourth-order valence-electron chi connectivity index (χ4n) is 2.45. The number of esters is 1. The van der Waals surface area contributed by atoms with Crippen LogP contribution in [0.15, 0.2) is 0 Å². The third-order valence-electron chi connectivity index (χ3n) is 4.47. The van der Waals surface area contributed by atoms with Crippen LogP contribution in [0.5, 0.6) is 0 Å². The Labute approximate surface area is 195 Å². The summed E-state index contributed by atoms with van der Waals surface area (Å²) in [5.41, 5.74) is 0. The highest BCUT2D eigenvalue weighted by Crippen LogP contribution is 2.13. The summed E-state index contributed by atoms with van der Waals surface area (Å²) in [5.74, 6) is 1.13. The monoisotopic (exact) mass is 459 g/mol. The second-order valence-electron chi connectivity index (χ2n) is 7.22. The zero-order valence-corrected chi connectivity index (χ0v) is 21.0. The average Bonchev–Trinajstić information content (AvgIpc) is 2.67. The Bertz CT molecular complexity index is 529. The maximum atomic E-state index is 10.9. The number of carbonyl (C=O) groups is 2. The average molecular weight is 460 g/mol. The van der Waals surface area contributed by atoms with Crippen molar-refractivity contribution >= 4 is 24.3 Å². The molecule has 0 saturated carbocycles. The van der Waals surface area contributed by atoms with Crippen LogP contribution in [0.3, 0.4) is 0 Å². The molecule has 0 unspecified atom stereocenters. The van der Waals surface area contributed by atoms with Gasteiger partial charge in [0.25, 0.3) is 6.54 Å². The highest BCUT2D eigenvalue weighted by molar-refractivity contribution is 5.85. The third-order valence-corrected chi connectivity index (χ3v) is 4.47. The van der Waals surface area contributed by atoms with Gasteiger partial charge in [0.15, 0.2) is 0 Å². The summed E-state index contributed by atoms with van der Waals surface area (Å²) in [6.45, 7) is 33.2. The first kappa shape index (κ1) is 33.8. The van der Waals surface area contributed by atoms with E-state index in [2.05, 4.69) is 59.3 Å². The molecule has 1 amide bonds. The quantitative estimate of drug-likeness (QED) is 0.488. The molecule has 8 nitrogen and oxygen atoms in total. The number of nitrogens with zero attached hydrogens (tertiary/aromatic N) is 4. The van der Waals surface area contributed by atoms with E-state index >= 15 is 0 Å². The second kappa shape index (κ2) is 22.8. The van der Waals surface area contributed by atoms with Crippen LogP contribution in [-0.4, -0.2) is 87.2 Å². The number of likely N-dealkylation sites (tertiary alicyclic amines) is 1. The van der Waals surface area contributed by atoms with E-state index in [-0.39, 0.29) is 31.4 Å². The Morgan fingerprint density at radius 3 is 1.65 bits per heavy atom. The van der Waals surface area contributed by atoms with Crippen LogP contribution in [-0.2, 0) is 14.3 Å². The number of rotatable bonds is 6.